The zero-order valence-electron chi connectivity index (χ0n) is 19.7. The second kappa shape index (κ2) is 10.2. The molecule has 0 N–H and O–H groups in total. The Kier molecular flexibility index (Phi) is 8.16. The fourth-order valence-electron chi connectivity index (χ4n) is 3.63. The van der Waals surface area contributed by atoms with Crippen LogP contribution in [-0.4, -0.2) is 59.7 Å². The predicted octanol–water partition coefficient (Wildman–Crippen LogP) is 4.57. The molecule has 0 spiro atoms. The minimum atomic E-state index is -0.524. The maximum atomic E-state index is 12.8. The number of likely N-dealkylation sites (tertiary alicyclic amines) is 1. The summed E-state index contributed by atoms with van der Waals surface area (Å²) in [6, 6.07) is 6.04. The van der Waals surface area contributed by atoms with E-state index >= 15 is 0 Å². The van der Waals surface area contributed by atoms with Crippen LogP contribution in [0, 0.1) is 19.8 Å². The zero-order chi connectivity index (χ0) is 22.5. The third-order valence-corrected chi connectivity index (χ3v) is 5.27. The molecule has 6 heteroatoms. The van der Waals surface area contributed by atoms with E-state index in [1.54, 1.807) is 4.90 Å². The molecule has 30 heavy (non-hydrogen) atoms. The number of carbonyl (C=O) groups excluding carboxylic acids is 2. The van der Waals surface area contributed by atoms with Crippen molar-refractivity contribution in [3.05, 3.63) is 29.3 Å². The average molecular weight is 419 g/mol. The molecule has 1 atom stereocenters. The summed E-state index contributed by atoms with van der Waals surface area (Å²) < 4.78 is 11.4. The molecule has 0 aromatic heterocycles. The molecule has 168 valence electrons. The highest BCUT2D eigenvalue weighted by Crippen LogP contribution is 2.22. The highest BCUT2D eigenvalue weighted by molar-refractivity contribution is 5.78. The van der Waals surface area contributed by atoms with E-state index in [9.17, 15) is 9.59 Å². The smallest absolute Gasteiger partial charge is 0.410 e. The van der Waals surface area contributed by atoms with E-state index < -0.39 is 5.60 Å². The Morgan fingerprint density at radius 1 is 1.23 bits per heavy atom. The van der Waals surface area contributed by atoms with Gasteiger partial charge in [-0.05, 0) is 84.4 Å². The van der Waals surface area contributed by atoms with Gasteiger partial charge < -0.3 is 19.3 Å². The molecule has 1 heterocycles. The standard InChI is InChI=1S/C24H38N2O4/c1-17(2)26(23(28)30-24(5,6)7)15-20-9-8-12-25(14-20)22(27)16-29-21-13-18(3)10-11-19(21)4/h10-11,13,17,20H,8-9,12,14-16H2,1-7H3. The van der Waals surface area contributed by atoms with Crippen LogP contribution in [0.1, 0.15) is 58.6 Å². The third kappa shape index (κ3) is 7.22. The van der Waals surface area contributed by atoms with E-state index in [4.69, 9.17) is 9.47 Å². The Bertz CT molecular complexity index is 739. The summed E-state index contributed by atoms with van der Waals surface area (Å²) in [4.78, 5) is 29.0. The Balaban J connectivity index is 1.93. The Hall–Kier alpha value is -2.24. The van der Waals surface area contributed by atoms with Crippen LogP contribution in [0.2, 0.25) is 0 Å². The SMILES string of the molecule is Cc1ccc(C)c(OCC(=O)N2CCCC(CN(C(=O)OC(C)(C)C)C(C)C)C2)c1. The van der Waals surface area contributed by atoms with Crippen LogP contribution >= 0.6 is 0 Å². The van der Waals surface area contributed by atoms with Gasteiger partial charge in [0.25, 0.3) is 5.91 Å². The van der Waals surface area contributed by atoms with Crippen molar-refractivity contribution in [1.82, 2.24) is 9.80 Å². The van der Waals surface area contributed by atoms with Crippen molar-refractivity contribution >= 4 is 12.0 Å². The number of ether oxygens (including phenoxy) is 2. The fourth-order valence-corrected chi connectivity index (χ4v) is 3.63. The van der Waals surface area contributed by atoms with Gasteiger partial charge in [-0.1, -0.05) is 12.1 Å². The van der Waals surface area contributed by atoms with Gasteiger partial charge in [0, 0.05) is 25.7 Å². The summed E-state index contributed by atoms with van der Waals surface area (Å²) in [5, 5.41) is 0. The minimum absolute atomic E-state index is 0.00558. The molecular formula is C24H38N2O4. The highest BCUT2D eigenvalue weighted by Gasteiger charge is 2.30. The quantitative estimate of drug-likeness (QED) is 0.679. The molecule has 2 amide bonds. The lowest BCUT2D eigenvalue weighted by Crippen LogP contribution is -2.48. The highest BCUT2D eigenvalue weighted by atomic mass is 16.6. The molecule has 1 unspecified atom stereocenters. The van der Waals surface area contributed by atoms with Crippen molar-refractivity contribution in [2.45, 2.75) is 73.0 Å². The molecule has 1 aromatic rings. The fraction of sp³-hybridized carbons (Fsp3) is 0.667. The van der Waals surface area contributed by atoms with Gasteiger partial charge in [0.1, 0.15) is 11.4 Å². The van der Waals surface area contributed by atoms with Gasteiger partial charge in [-0.3, -0.25) is 4.79 Å². The van der Waals surface area contributed by atoms with E-state index in [1.165, 1.54) is 0 Å². The van der Waals surface area contributed by atoms with E-state index in [0.717, 1.165) is 36.3 Å². The lowest BCUT2D eigenvalue weighted by atomic mass is 9.97. The number of aryl methyl sites for hydroxylation is 2. The molecular weight excluding hydrogens is 380 g/mol. The van der Waals surface area contributed by atoms with E-state index in [2.05, 4.69) is 0 Å². The van der Waals surface area contributed by atoms with Crippen molar-refractivity contribution in [2.75, 3.05) is 26.2 Å². The van der Waals surface area contributed by atoms with Gasteiger partial charge >= 0.3 is 6.09 Å². The summed E-state index contributed by atoms with van der Waals surface area (Å²) in [5.41, 5.74) is 1.61. The van der Waals surface area contributed by atoms with Crippen LogP contribution < -0.4 is 4.74 Å². The number of carbonyl (C=O) groups is 2. The number of hydrogen-bond acceptors (Lipinski definition) is 4. The van der Waals surface area contributed by atoms with Crippen molar-refractivity contribution in [1.29, 1.82) is 0 Å². The summed E-state index contributed by atoms with van der Waals surface area (Å²) >= 11 is 0. The summed E-state index contributed by atoms with van der Waals surface area (Å²) in [6.07, 6.45) is 1.63. The molecule has 0 aliphatic carbocycles. The van der Waals surface area contributed by atoms with Gasteiger partial charge in [0.05, 0.1) is 0 Å². The number of rotatable bonds is 6. The summed E-state index contributed by atoms with van der Waals surface area (Å²) in [6.45, 7) is 15.6. The van der Waals surface area contributed by atoms with Crippen molar-refractivity contribution in [3.8, 4) is 5.75 Å². The van der Waals surface area contributed by atoms with Crippen LogP contribution in [-0.2, 0) is 9.53 Å². The summed E-state index contributed by atoms with van der Waals surface area (Å²) in [7, 11) is 0. The van der Waals surface area contributed by atoms with Gasteiger partial charge in [-0.25, -0.2) is 4.79 Å². The molecule has 1 fully saturated rings. The van der Waals surface area contributed by atoms with Crippen molar-refractivity contribution < 1.29 is 19.1 Å². The number of amides is 2. The Morgan fingerprint density at radius 3 is 2.57 bits per heavy atom. The van der Waals surface area contributed by atoms with E-state index in [0.29, 0.717) is 13.1 Å². The number of benzene rings is 1. The average Bonchev–Trinajstić information content (AvgIpc) is 2.65. The number of piperidine rings is 1. The maximum Gasteiger partial charge on any atom is 0.410 e. The molecule has 0 saturated carbocycles. The minimum Gasteiger partial charge on any atom is -0.483 e. The lowest BCUT2D eigenvalue weighted by Gasteiger charge is -2.37. The van der Waals surface area contributed by atoms with Crippen LogP contribution in [0.25, 0.3) is 0 Å². The molecule has 6 nitrogen and oxygen atoms in total. The van der Waals surface area contributed by atoms with Crippen molar-refractivity contribution in [2.24, 2.45) is 5.92 Å². The third-order valence-electron chi connectivity index (χ3n) is 5.27. The molecule has 2 rings (SSSR count). The topological polar surface area (TPSA) is 59.1 Å². The van der Waals surface area contributed by atoms with Gasteiger partial charge in [0.2, 0.25) is 0 Å². The Morgan fingerprint density at radius 2 is 1.93 bits per heavy atom. The normalized spacial score (nSPS) is 17.1. The molecule has 1 aliphatic heterocycles. The molecule has 0 radical (unpaired) electrons. The van der Waals surface area contributed by atoms with Crippen LogP contribution in [0.4, 0.5) is 4.79 Å². The summed E-state index contributed by atoms with van der Waals surface area (Å²) in [5.74, 6) is 0.986. The zero-order valence-corrected chi connectivity index (χ0v) is 19.7. The first-order chi connectivity index (χ1) is 14.0. The van der Waals surface area contributed by atoms with Crippen molar-refractivity contribution in [3.63, 3.8) is 0 Å². The lowest BCUT2D eigenvalue weighted by molar-refractivity contribution is -0.135. The van der Waals surface area contributed by atoms with Gasteiger partial charge in [-0.2, -0.15) is 0 Å². The monoisotopic (exact) mass is 418 g/mol. The van der Waals surface area contributed by atoms with Crippen LogP contribution in [0.15, 0.2) is 18.2 Å². The Labute approximate surface area is 181 Å². The van der Waals surface area contributed by atoms with E-state index in [-0.39, 0.29) is 30.6 Å². The second-order valence-electron chi connectivity index (χ2n) is 9.63. The van der Waals surface area contributed by atoms with Gasteiger partial charge in [-0.15, -0.1) is 0 Å². The predicted molar refractivity (Wildman–Crippen MR) is 119 cm³/mol. The molecule has 1 aliphatic rings. The first kappa shape index (κ1) is 24.0. The number of hydrogen-bond donors (Lipinski definition) is 0. The second-order valence-corrected chi connectivity index (χ2v) is 9.63. The molecule has 1 aromatic carbocycles. The van der Waals surface area contributed by atoms with Crippen LogP contribution in [0.5, 0.6) is 5.75 Å². The van der Waals surface area contributed by atoms with Gasteiger partial charge in [0.15, 0.2) is 6.61 Å². The van der Waals surface area contributed by atoms with Crippen LogP contribution in [0.3, 0.4) is 0 Å². The molecule has 1 saturated heterocycles. The molecule has 0 bridgehead atoms. The largest absolute Gasteiger partial charge is 0.483 e. The maximum absolute atomic E-state index is 12.8. The number of nitrogens with zero attached hydrogens (tertiary/aromatic N) is 2. The van der Waals surface area contributed by atoms with E-state index in [1.807, 2.05) is 71.6 Å². The first-order valence-corrected chi connectivity index (χ1v) is 10.9. The first-order valence-electron chi connectivity index (χ1n) is 10.9.